The van der Waals surface area contributed by atoms with Crippen LogP contribution in [0.4, 0.5) is 0 Å². The number of carbonyl (C=O) groups is 1. The molecule has 0 atom stereocenters. The molecule has 0 amide bonds. The van der Waals surface area contributed by atoms with Gasteiger partial charge in [0.25, 0.3) is 0 Å². The molecule has 0 aliphatic carbocycles. The van der Waals surface area contributed by atoms with Crippen LogP contribution in [0, 0.1) is 5.41 Å². The SMILES string of the molecule is COCCC(C)(C)CNCc1ccccc1CC(=O)OC. The lowest BCUT2D eigenvalue weighted by Gasteiger charge is -2.25. The molecule has 0 saturated heterocycles. The van der Waals surface area contributed by atoms with Gasteiger partial charge in [-0.15, -0.1) is 0 Å². The van der Waals surface area contributed by atoms with E-state index in [9.17, 15) is 4.79 Å². The number of methoxy groups -OCH3 is 2. The molecular weight excluding hydrogens is 266 g/mol. The van der Waals surface area contributed by atoms with Crippen molar-refractivity contribution < 1.29 is 14.3 Å². The fraction of sp³-hybridized carbons (Fsp3) is 0.588. The molecular formula is C17H27NO3. The number of hydrogen-bond donors (Lipinski definition) is 1. The predicted octanol–water partition coefficient (Wildman–Crippen LogP) is 2.55. The van der Waals surface area contributed by atoms with Gasteiger partial charge >= 0.3 is 5.97 Å². The first-order chi connectivity index (χ1) is 9.98. The largest absolute Gasteiger partial charge is 0.469 e. The molecule has 0 fully saturated rings. The third-order valence-electron chi connectivity index (χ3n) is 3.58. The third-order valence-corrected chi connectivity index (χ3v) is 3.58. The van der Waals surface area contributed by atoms with Crippen LogP contribution in [0.2, 0.25) is 0 Å². The lowest BCUT2D eigenvalue weighted by atomic mass is 9.89. The van der Waals surface area contributed by atoms with Crippen molar-refractivity contribution >= 4 is 5.97 Å². The van der Waals surface area contributed by atoms with E-state index in [-0.39, 0.29) is 11.4 Å². The van der Waals surface area contributed by atoms with Gasteiger partial charge in [0.1, 0.15) is 0 Å². The van der Waals surface area contributed by atoms with Gasteiger partial charge in [0.05, 0.1) is 13.5 Å². The summed E-state index contributed by atoms with van der Waals surface area (Å²) in [6.07, 6.45) is 1.34. The van der Waals surface area contributed by atoms with Gasteiger partial charge < -0.3 is 14.8 Å². The molecule has 0 aromatic heterocycles. The lowest BCUT2D eigenvalue weighted by Crippen LogP contribution is -2.30. The summed E-state index contributed by atoms with van der Waals surface area (Å²) >= 11 is 0. The molecule has 0 radical (unpaired) electrons. The maximum atomic E-state index is 11.4. The molecule has 118 valence electrons. The van der Waals surface area contributed by atoms with Crippen LogP contribution in [-0.2, 0) is 27.2 Å². The van der Waals surface area contributed by atoms with Gasteiger partial charge in [-0.1, -0.05) is 38.1 Å². The summed E-state index contributed by atoms with van der Waals surface area (Å²) in [4.78, 5) is 11.4. The number of rotatable bonds is 9. The summed E-state index contributed by atoms with van der Waals surface area (Å²) in [5, 5.41) is 3.47. The van der Waals surface area contributed by atoms with Crippen molar-refractivity contribution in [2.75, 3.05) is 27.4 Å². The van der Waals surface area contributed by atoms with E-state index in [1.807, 2.05) is 24.3 Å². The Hall–Kier alpha value is -1.39. The number of nitrogens with one attached hydrogen (secondary N) is 1. The highest BCUT2D eigenvalue weighted by atomic mass is 16.5. The number of carbonyl (C=O) groups excluding carboxylic acids is 1. The minimum atomic E-state index is -0.206. The Bertz CT molecular complexity index is 443. The zero-order valence-corrected chi connectivity index (χ0v) is 13.6. The van der Waals surface area contributed by atoms with E-state index in [0.717, 1.165) is 37.2 Å². The summed E-state index contributed by atoms with van der Waals surface area (Å²) in [6.45, 7) is 6.87. The fourth-order valence-corrected chi connectivity index (χ4v) is 2.13. The quantitative estimate of drug-likeness (QED) is 0.711. The molecule has 1 aromatic rings. The van der Waals surface area contributed by atoms with Gasteiger partial charge in [-0.3, -0.25) is 4.79 Å². The van der Waals surface area contributed by atoms with Crippen LogP contribution in [0.5, 0.6) is 0 Å². The molecule has 1 N–H and O–H groups in total. The topological polar surface area (TPSA) is 47.6 Å². The summed E-state index contributed by atoms with van der Waals surface area (Å²) < 4.78 is 9.88. The molecule has 21 heavy (non-hydrogen) atoms. The van der Waals surface area contributed by atoms with Gasteiger partial charge in [0.15, 0.2) is 0 Å². The third kappa shape index (κ3) is 6.74. The Kier molecular flexibility index (Phi) is 7.40. The van der Waals surface area contributed by atoms with Crippen LogP contribution in [0.25, 0.3) is 0 Å². The fourth-order valence-electron chi connectivity index (χ4n) is 2.13. The van der Waals surface area contributed by atoms with Crippen LogP contribution in [0.3, 0.4) is 0 Å². The van der Waals surface area contributed by atoms with Crippen molar-refractivity contribution in [2.24, 2.45) is 5.41 Å². The van der Waals surface area contributed by atoms with Crippen molar-refractivity contribution in [3.05, 3.63) is 35.4 Å². The summed E-state index contributed by atoms with van der Waals surface area (Å²) in [5.74, 6) is -0.206. The van der Waals surface area contributed by atoms with Crippen molar-refractivity contribution in [1.82, 2.24) is 5.32 Å². The molecule has 4 heteroatoms. The lowest BCUT2D eigenvalue weighted by molar-refractivity contribution is -0.139. The van der Waals surface area contributed by atoms with Gasteiger partial charge in [-0.05, 0) is 23.0 Å². The zero-order valence-electron chi connectivity index (χ0n) is 13.6. The minimum Gasteiger partial charge on any atom is -0.469 e. The van der Waals surface area contributed by atoms with E-state index in [1.54, 1.807) is 7.11 Å². The monoisotopic (exact) mass is 293 g/mol. The average molecular weight is 293 g/mol. The highest BCUT2D eigenvalue weighted by molar-refractivity contribution is 5.72. The minimum absolute atomic E-state index is 0.188. The normalized spacial score (nSPS) is 11.4. The highest BCUT2D eigenvalue weighted by Gasteiger charge is 2.17. The van der Waals surface area contributed by atoms with Gasteiger partial charge in [0, 0.05) is 26.8 Å². The van der Waals surface area contributed by atoms with Crippen LogP contribution in [0.15, 0.2) is 24.3 Å². The standard InChI is InChI=1S/C17H27NO3/c1-17(2,9-10-20-3)13-18-12-15-8-6-5-7-14(15)11-16(19)21-4/h5-8,18H,9-13H2,1-4H3. The van der Waals surface area contributed by atoms with E-state index < -0.39 is 0 Å². The van der Waals surface area contributed by atoms with Crippen molar-refractivity contribution in [1.29, 1.82) is 0 Å². The molecule has 0 unspecified atom stereocenters. The average Bonchev–Trinajstić information content (AvgIpc) is 2.46. The summed E-state index contributed by atoms with van der Waals surface area (Å²) in [7, 11) is 3.15. The second-order valence-electron chi connectivity index (χ2n) is 6.03. The Labute approximate surface area is 127 Å². The van der Waals surface area contributed by atoms with Crippen molar-refractivity contribution in [3.63, 3.8) is 0 Å². The maximum Gasteiger partial charge on any atom is 0.309 e. The summed E-state index contributed by atoms with van der Waals surface area (Å²) in [6, 6.07) is 7.97. The number of ether oxygens (including phenoxy) is 2. The predicted molar refractivity (Wildman–Crippen MR) is 84.1 cm³/mol. The zero-order chi connectivity index (χ0) is 15.7. The first kappa shape index (κ1) is 17.7. The molecule has 0 bridgehead atoms. The molecule has 0 aliphatic heterocycles. The van der Waals surface area contributed by atoms with E-state index in [2.05, 4.69) is 19.2 Å². The second-order valence-corrected chi connectivity index (χ2v) is 6.03. The van der Waals surface area contributed by atoms with Crippen LogP contribution in [0.1, 0.15) is 31.4 Å². The van der Waals surface area contributed by atoms with Crippen LogP contribution in [-0.4, -0.2) is 33.3 Å². The van der Waals surface area contributed by atoms with E-state index in [1.165, 1.54) is 7.11 Å². The summed E-state index contributed by atoms with van der Waals surface area (Å²) in [5.41, 5.74) is 2.35. The first-order valence-corrected chi connectivity index (χ1v) is 7.32. The number of benzene rings is 1. The molecule has 1 aromatic carbocycles. The molecule has 0 aliphatic rings. The Balaban J connectivity index is 2.53. The second kappa shape index (κ2) is 8.80. The van der Waals surface area contributed by atoms with Crippen molar-refractivity contribution in [2.45, 2.75) is 33.2 Å². The molecule has 4 nitrogen and oxygen atoms in total. The Morgan fingerprint density at radius 2 is 1.86 bits per heavy atom. The highest BCUT2D eigenvalue weighted by Crippen LogP contribution is 2.19. The van der Waals surface area contributed by atoms with Gasteiger partial charge in [0.2, 0.25) is 0 Å². The maximum absolute atomic E-state index is 11.4. The van der Waals surface area contributed by atoms with Crippen LogP contribution >= 0.6 is 0 Å². The van der Waals surface area contributed by atoms with Crippen LogP contribution < -0.4 is 5.32 Å². The van der Waals surface area contributed by atoms with Gasteiger partial charge in [-0.2, -0.15) is 0 Å². The molecule has 1 rings (SSSR count). The smallest absolute Gasteiger partial charge is 0.309 e. The van der Waals surface area contributed by atoms with Crippen molar-refractivity contribution in [3.8, 4) is 0 Å². The van der Waals surface area contributed by atoms with E-state index in [0.29, 0.717) is 6.42 Å². The van der Waals surface area contributed by atoms with Gasteiger partial charge in [-0.25, -0.2) is 0 Å². The molecule has 0 spiro atoms. The van der Waals surface area contributed by atoms with E-state index in [4.69, 9.17) is 9.47 Å². The first-order valence-electron chi connectivity index (χ1n) is 7.32. The Morgan fingerprint density at radius 3 is 2.48 bits per heavy atom. The van der Waals surface area contributed by atoms with E-state index >= 15 is 0 Å². The number of esters is 1. The number of hydrogen-bond acceptors (Lipinski definition) is 4. The molecule has 0 saturated carbocycles. The molecule has 0 heterocycles. The Morgan fingerprint density at radius 1 is 1.19 bits per heavy atom.